The van der Waals surface area contributed by atoms with E-state index >= 15 is 0 Å². The predicted octanol–water partition coefficient (Wildman–Crippen LogP) is 2.61. The topological polar surface area (TPSA) is 50.2 Å². The third kappa shape index (κ3) is 3.67. The normalized spacial score (nSPS) is 21.1. The summed E-state index contributed by atoms with van der Waals surface area (Å²) in [4.78, 5) is 18.8. The first-order chi connectivity index (χ1) is 11.6. The van der Waals surface area contributed by atoms with E-state index in [1.54, 1.807) is 12.5 Å². The molecule has 1 N–H and O–H groups in total. The molecule has 1 atom stereocenters. The maximum atomic E-state index is 12.4. The summed E-state index contributed by atoms with van der Waals surface area (Å²) in [6.45, 7) is 7.62. The van der Waals surface area contributed by atoms with Crippen LogP contribution in [0, 0.1) is 5.41 Å². The second-order valence-corrected chi connectivity index (χ2v) is 6.91. The number of hydrogen-bond donors (Lipinski definition) is 1. The van der Waals surface area contributed by atoms with Crippen molar-refractivity contribution in [3.63, 3.8) is 0 Å². The number of carbonyl (C=O) groups excluding carboxylic acids is 1. The summed E-state index contributed by atoms with van der Waals surface area (Å²) in [5, 5.41) is 3.05. The lowest BCUT2D eigenvalue weighted by molar-refractivity contribution is -0.129. The molecular weight excluding hydrogens is 300 g/mol. The summed E-state index contributed by atoms with van der Waals surface area (Å²) in [6.07, 6.45) is 7.43. The van der Waals surface area contributed by atoms with E-state index in [0.29, 0.717) is 0 Å². The van der Waals surface area contributed by atoms with Gasteiger partial charge < -0.3 is 9.88 Å². The number of likely N-dealkylation sites (tertiary alicyclic amines) is 1. The highest BCUT2D eigenvalue weighted by Crippen LogP contribution is 2.31. The maximum absolute atomic E-state index is 12.4. The van der Waals surface area contributed by atoms with Crippen molar-refractivity contribution < 1.29 is 4.79 Å². The largest absolute Gasteiger partial charge is 0.356 e. The molecule has 5 nitrogen and oxygen atoms in total. The molecule has 1 fully saturated rings. The quantitative estimate of drug-likeness (QED) is 0.888. The number of aromatic nitrogens is 2. The van der Waals surface area contributed by atoms with E-state index in [-0.39, 0.29) is 11.3 Å². The van der Waals surface area contributed by atoms with Crippen LogP contribution in [-0.4, -0.2) is 40.0 Å². The molecular formula is C19H26N4O. The van der Waals surface area contributed by atoms with Crippen LogP contribution in [0.5, 0.6) is 0 Å². The van der Waals surface area contributed by atoms with Crippen molar-refractivity contribution in [1.29, 1.82) is 0 Å². The van der Waals surface area contributed by atoms with Gasteiger partial charge in [0, 0.05) is 37.7 Å². The van der Waals surface area contributed by atoms with Crippen LogP contribution in [-0.2, 0) is 11.3 Å². The van der Waals surface area contributed by atoms with Gasteiger partial charge in [-0.25, -0.2) is 4.98 Å². The van der Waals surface area contributed by atoms with Gasteiger partial charge in [0.15, 0.2) is 0 Å². The summed E-state index contributed by atoms with van der Waals surface area (Å²) in [6, 6.07) is 8.53. The molecule has 2 aromatic rings. The Hall–Kier alpha value is -2.14. The van der Waals surface area contributed by atoms with Crippen molar-refractivity contribution in [2.24, 2.45) is 5.41 Å². The molecule has 2 heterocycles. The summed E-state index contributed by atoms with van der Waals surface area (Å²) >= 11 is 0. The molecule has 0 bridgehead atoms. The molecule has 128 valence electrons. The van der Waals surface area contributed by atoms with Crippen molar-refractivity contribution in [2.75, 3.05) is 19.6 Å². The molecule has 0 saturated carbocycles. The second-order valence-electron chi connectivity index (χ2n) is 6.91. The zero-order valence-corrected chi connectivity index (χ0v) is 14.5. The van der Waals surface area contributed by atoms with Crippen molar-refractivity contribution in [2.45, 2.75) is 33.2 Å². The Bertz CT molecular complexity index is 665. The first-order valence-electron chi connectivity index (χ1n) is 8.69. The first-order valence-corrected chi connectivity index (χ1v) is 8.69. The van der Waals surface area contributed by atoms with Crippen LogP contribution >= 0.6 is 0 Å². The molecule has 5 heteroatoms. The highest BCUT2D eigenvalue weighted by molar-refractivity contribution is 5.82. The van der Waals surface area contributed by atoms with Crippen LogP contribution in [0.1, 0.15) is 32.3 Å². The minimum Gasteiger partial charge on any atom is -0.356 e. The molecule has 1 amide bonds. The monoisotopic (exact) mass is 326 g/mol. The lowest BCUT2D eigenvalue weighted by Gasteiger charge is -2.23. The minimum atomic E-state index is -0.258. The van der Waals surface area contributed by atoms with Crippen LogP contribution in [0.3, 0.4) is 0 Å². The Kier molecular flexibility index (Phi) is 5.00. The van der Waals surface area contributed by atoms with Gasteiger partial charge in [-0.05, 0) is 44.0 Å². The molecule has 0 spiro atoms. The summed E-state index contributed by atoms with van der Waals surface area (Å²) in [5.41, 5.74) is 2.13. The molecule has 24 heavy (non-hydrogen) atoms. The summed E-state index contributed by atoms with van der Waals surface area (Å²) in [5.74, 6) is 0.197. The average molecular weight is 326 g/mol. The maximum Gasteiger partial charge on any atom is 0.227 e. The van der Waals surface area contributed by atoms with Gasteiger partial charge in [-0.3, -0.25) is 9.69 Å². The van der Waals surface area contributed by atoms with Gasteiger partial charge in [-0.1, -0.05) is 19.1 Å². The number of carbonyl (C=O) groups is 1. The number of imidazole rings is 1. The van der Waals surface area contributed by atoms with Gasteiger partial charge in [-0.2, -0.15) is 0 Å². The summed E-state index contributed by atoms with van der Waals surface area (Å²) in [7, 11) is 0. The average Bonchev–Trinajstić information content (AvgIpc) is 3.24. The number of nitrogens with zero attached hydrogens (tertiary/aromatic N) is 3. The van der Waals surface area contributed by atoms with E-state index in [0.717, 1.165) is 44.7 Å². The molecule has 1 aliphatic rings. The van der Waals surface area contributed by atoms with Crippen LogP contribution in [0.2, 0.25) is 0 Å². The Morgan fingerprint density at radius 2 is 2.12 bits per heavy atom. The fourth-order valence-corrected chi connectivity index (χ4v) is 3.27. The van der Waals surface area contributed by atoms with E-state index in [9.17, 15) is 4.79 Å². The fraction of sp³-hybridized carbons (Fsp3) is 0.474. The van der Waals surface area contributed by atoms with Crippen LogP contribution in [0.25, 0.3) is 5.69 Å². The molecule has 3 rings (SSSR count). The van der Waals surface area contributed by atoms with Crippen LogP contribution in [0.15, 0.2) is 43.0 Å². The Labute approximate surface area is 143 Å². The molecule has 1 saturated heterocycles. The molecule has 0 aliphatic carbocycles. The third-order valence-electron chi connectivity index (χ3n) is 4.78. The minimum absolute atomic E-state index is 0.197. The molecule has 1 unspecified atom stereocenters. The highest BCUT2D eigenvalue weighted by Gasteiger charge is 2.39. The van der Waals surface area contributed by atoms with Crippen molar-refractivity contribution in [1.82, 2.24) is 19.8 Å². The van der Waals surface area contributed by atoms with Gasteiger partial charge in [0.2, 0.25) is 5.91 Å². The number of amides is 1. The smallest absolute Gasteiger partial charge is 0.227 e. The van der Waals surface area contributed by atoms with Crippen molar-refractivity contribution >= 4 is 5.91 Å². The predicted molar refractivity (Wildman–Crippen MR) is 94.9 cm³/mol. The zero-order chi connectivity index (χ0) is 17.0. The van der Waals surface area contributed by atoms with Crippen molar-refractivity contribution in [3.05, 3.63) is 48.5 Å². The molecule has 1 aliphatic heterocycles. The van der Waals surface area contributed by atoms with Gasteiger partial charge in [-0.15, -0.1) is 0 Å². The highest BCUT2D eigenvalue weighted by atomic mass is 16.2. The van der Waals surface area contributed by atoms with Crippen LogP contribution in [0.4, 0.5) is 0 Å². The van der Waals surface area contributed by atoms with Gasteiger partial charge in [0.1, 0.15) is 0 Å². The number of benzene rings is 1. The van der Waals surface area contributed by atoms with Crippen molar-refractivity contribution in [3.8, 4) is 5.69 Å². The summed E-state index contributed by atoms with van der Waals surface area (Å²) < 4.78 is 1.99. The Balaban J connectivity index is 1.58. The Morgan fingerprint density at radius 1 is 1.33 bits per heavy atom. The molecule has 1 aromatic carbocycles. The first kappa shape index (κ1) is 16.7. The van der Waals surface area contributed by atoms with Gasteiger partial charge in [0.05, 0.1) is 11.7 Å². The third-order valence-corrected chi connectivity index (χ3v) is 4.78. The Morgan fingerprint density at radius 3 is 2.79 bits per heavy atom. The fourth-order valence-electron chi connectivity index (χ4n) is 3.27. The SMILES string of the molecule is CCCNC(=O)C1(C)CCN(Cc2ccc(-n3ccnc3)cc2)C1. The lowest BCUT2D eigenvalue weighted by atomic mass is 9.88. The van der Waals surface area contributed by atoms with E-state index in [2.05, 4.69) is 53.3 Å². The van der Waals surface area contributed by atoms with Gasteiger partial charge in [0.25, 0.3) is 0 Å². The lowest BCUT2D eigenvalue weighted by Crippen LogP contribution is -2.41. The van der Waals surface area contributed by atoms with Gasteiger partial charge >= 0.3 is 0 Å². The number of nitrogens with one attached hydrogen (secondary N) is 1. The standard InChI is InChI=1S/C19H26N4O/c1-3-9-21-18(24)19(2)8-11-22(14-19)13-16-4-6-17(7-5-16)23-12-10-20-15-23/h4-7,10,12,15H,3,8-9,11,13-14H2,1-2H3,(H,21,24). The van der Waals surface area contributed by atoms with Crippen LogP contribution < -0.4 is 5.32 Å². The second kappa shape index (κ2) is 7.18. The number of hydrogen-bond acceptors (Lipinski definition) is 3. The molecule has 1 aromatic heterocycles. The van der Waals surface area contributed by atoms with E-state index in [4.69, 9.17) is 0 Å². The zero-order valence-electron chi connectivity index (χ0n) is 14.5. The number of rotatable bonds is 6. The van der Waals surface area contributed by atoms with E-state index < -0.39 is 0 Å². The van der Waals surface area contributed by atoms with E-state index in [1.165, 1.54) is 5.56 Å². The van der Waals surface area contributed by atoms with E-state index in [1.807, 2.05) is 10.8 Å². The molecule has 0 radical (unpaired) electrons.